The summed E-state index contributed by atoms with van der Waals surface area (Å²) in [5.74, 6) is -0.296. The van der Waals surface area contributed by atoms with Gasteiger partial charge in [-0.15, -0.1) is 0 Å². The number of rotatable bonds is 6. The Hall–Kier alpha value is -2.40. The lowest BCUT2D eigenvalue weighted by atomic mass is 9.90. The summed E-state index contributed by atoms with van der Waals surface area (Å²) < 4.78 is 38.4. The van der Waals surface area contributed by atoms with E-state index in [0.717, 1.165) is 25.0 Å². The van der Waals surface area contributed by atoms with E-state index in [9.17, 15) is 18.0 Å². The molecule has 2 aromatic rings. The number of hydrogen-bond donors (Lipinski definition) is 1. The molecule has 0 aliphatic heterocycles. The van der Waals surface area contributed by atoms with Gasteiger partial charge in [0, 0.05) is 24.6 Å². The SMILES string of the molecule is C[C@@H](NCCC(=O)c1cccc(C(F)(F)F)c1)c1cccc2c1C=CCC2. The Morgan fingerprint density at radius 2 is 1.96 bits per heavy atom. The number of allylic oxidation sites excluding steroid dienone is 1. The van der Waals surface area contributed by atoms with Crippen molar-refractivity contribution in [2.45, 2.75) is 38.4 Å². The number of carbonyl (C=O) groups is 1. The first-order valence-corrected chi connectivity index (χ1v) is 9.08. The number of hydrogen-bond acceptors (Lipinski definition) is 2. The van der Waals surface area contributed by atoms with E-state index in [4.69, 9.17) is 0 Å². The largest absolute Gasteiger partial charge is 0.416 e. The van der Waals surface area contributed by atoms with Crippen LogP contribution in [0.25, 0.3) is 6.08 Å². The monoisotopic (exact) mass is 373 g/mol. The molecule has 0 fully saturated rings. The van der Waals surface area contributed by atoms with Crippen LogP contribution in [0.3, 0.4) is 0 Å². The summed E-state index contributed by atoms with van der Waals surface area (Å²) in [5, 5.41) is 3.32. The molecule has 0 saturated carbocycles. The number of halogens is 3. The molecule has 142 valence electrons. The highest BCUT2D eigenvalue weighted by atomic mass is 19.4. The fraction of sp³-hybridized carbons (Fsp3) is 0.318. The van der Waals surface area contributed by atoms with Crippen LogP contribution in [0.1, 0.15) is 58.4 Å². The van der Waals surface area contributed by atoms with Gasteiger partial charge in [-0.1, -0.05) is 42.5 Å². The lowest BCUT2D eigenvalue weighted by Crippen LogP contribution is -2.23. The molecule has 3 rings (SSSR count). The van der Waals surface area contributed by atoms with E-state index in [2.05, 4.69) is 29.6 Å². The van der Waals surface area contributed by atoms with Crippen LogP contribution < -0.4 is 5.32 Å². The fourth-order valence-corrected chi connectivity index (χ4v) is 3.40. The van der Waals surface area contributed by atoms with Gasteiger partial charge in [0.1, 0.15) is 0 Å². The number of Topliss-reactive ketones (excluding diaryl/α,β-unsaturated/α-hetero) is 1. The molecule has 0 amide bonds. The topological polar surface area (TPSA) is 29.1 Å². The van der Waals surface area contributed by atoms with Crippen molar-refractivity contribution >= 4 is 11.9 Å². The molecule has 0 bridgehead atoms. The highest BCUT2D eigenvalue weighted by Gasteiger charge is 2.30. The number of carbonyl (C=O) groups excluding carboxylic acids is 1. The summed E-state index contributed by atoms with van der Waals surface area (Å²) in [6, 6.07) is 10.9. The molecule has 1 atom stereocenters. The summed E-state index contributed by atoms with van der Waals surface area (Å²) in [7, 11) is 0. The van der Waals surface area contributed by atoms with E-state index in [0.29, 0.717) is 6.54 Å². The van der Waals surface area contributed by atoms with E-state index >= 15 is 0 Å². The van der Waals surface area contributed by atoms with Crippen LogP contribution >= 0.6 is 0 Å². The minimum atomic E-state index is -4.44. The maximum Gasteiger partial charge on any atom is 0.416 e. The summed E-state index contributed by atoms with van der Waals surface area (Å²) in [6.07, 6.45) is 2.08. The van der Waals surface area contributed by atoms with E-state index in [1.165, 1.54) is 28.8 Å². The summed E-state index contributed by atoms with van der Waals surface area (Å²) >= 11 is 0. The van der Waals surface area contributed by atoms with Gasteiger partial charge in [0.2, 0.25) is 0 Å². The zero-order valence-corrected chi connectivity index (χ0v) is 15.1. The van der Waals surface area contributed by atoms with Crippen molar-refractivity contribution in [2.75, 3.05) is 6.54 Å². The number of benzene rings is 2. The number of alkyl halides is 3. The highest BCUT2D eigenvalue weighted by Crippen LogP contribution is 2.30. The molecule has 0 radical (unpaired) electrons. The van der Waals surface area contributed by atoms with E-state index in [-0.39, 0.29) is 23.8 Å². The van der Waals surface area contributed by atoms with Crippen molar-refractivity contribution in [3.63, 3.8) is 0 Å². The summed E-state index contributed by atoms with van der Waals surface area (Å²) in [4.78, 5) is 12.3. The Labute approximate surface area is 157 Å². The second-order valence-corrected chi connectivity index (χ2v) is 6.79. The van der Waals surface area contributed by atoms with Gasteiger partial charge in [-0.25, -0.2) is 0 Å². The van der Waals surface area contributed by atoms with Gasteiger partial charge < -0.3 is 5.32 Å². The van der Waals surface area contributed by atoms with Gasteiger partial charge in [-0.3, -0.25) is 4.79 Å². The predicted octanol–water partition coefficient (Wildman–Crippen LogP) is 5.59. The number of ketones is 1. The minimum Gasteiger partial charge on any atom is -0.310 e. The average molecular weight is 373 g/mol. The van der Waals surface area contributed by atoms with Gasteiger partial charge in [0.05, 0.1) is 5.56 Å². The maximum absolute atomic E-state index is 12.8. The molecule has 0 heterocycles. The molecule has 2 aromatic carbocycles. The van der Waals surface area contributed by atoms with Gasteiger partial charge in [0.25, 0.3) is 0 Å². The molecular weight excluding hydrogens is 351 g/mol. The lowest BCUT2D eigenvalue weighted by Gasteiger charge is -2.20. The number of fused-ring (bicyclic) bond motifs is 1. The molecule has 1 aliphatic rings. The first kappa shape index (κ1) is 19.4. The summed E-state index contributed by atoms with van der Waals surface area (Å²) in [6.45, 7) is 2.44. The van der Waals surface area contributed by atoms with Crippen molar-refractivity contribution < 1.29 is 18.0 Å². The third kappa shape index (κ3) is 4.66. The minimum absolute atomic E-state index is 0.0528. The van der Waals surface area contributed by atoms with Gasteiger partial charge in [-0.2, -0.15) is 13.2 Å². The Bertz CT molecular complexity index is 855. The Balaban J connectivity index is 1.61. The molecular formula is C22H22F3NO. The first-order valence-electron chi connectivity index (χ1n) is 9.08. The molecule has 1 N–H and O–H groups in total. The Morgan fingerprint density at radius 1 is 1.19 bits per heavy atom. The van der Waals surface area contributed by atoms with Crippen LogP contribution in [0.5, 0.6) is 0 Å². The summed E-state index contributed by atoms with van der Waals surface area (Å²) in [5.41, 5.74) is 3.03. The Kier molecular flexibility index (Phi) is 5.80. The van der Waals surface area contributed by atoms with Gasteiger partial charge in [0.15, 0.2) is 5.78 Å². The van der Waals surface area contributed by atoms with E-state index in [1.54, 1.807) is 0 Å². The van der Waals surface area contributed by atoms with Crippen LogP contribution in [-0.4, -0.2) is 12.3 Å². The normalized spacial score (nSPS) is 14.7. The van der Waals surface area contributed by atoms with Crippen molar-refractivity contribution in [3.8, 4) is 0 Å². The molecule has 1 aliphatic carbocycles. The molecule has 5 heteroatoms. The fourth-order valence-electron chi connectivity index (χ4n) is 3.40. The maximum atomic E-state index is 12.8. The van der Waals surface area contributed by atoms with Crippen LogP contribution in [0.2, 0.25) is 0 Å². The molecule has 0 saturated heterocycles. The molecule has 2 nitrogen and oxygen atoms in total. The van der Waals surface area contributed by atoms with E-state index < -0.39 is 11.7 Å². The Morgan fingerprint density at radius 3 is 2.74 bits per heavy atom. The predicted molar refractivity (Wildman–Crippen MR) is 101 cm³/mol. The highest BCUT2D eigenvalue weighted by molar-refractivity contribution is 5.96. The third-order valence-electron chi connectivity index (χ3n) is 4.88. The van der Waals surface area contributed by atoms with Crippen molar-refractivity contribution in [3.05, 3.63) is 76.4 Å². The molecule has 0 aromatic heterocycles. The van der Waals surface area contributed by atoms with Crippen molar-refractivity contribution in [1.82, 2.24) is 5.32 Å². The van der Waals surface area contributed by atoms with Crippen LogP contribution in [0.15, 0.2) is 48.5 Å². The van der Waals surface area contributed by atoms with Gasteiger partial charge in [-0.05, 0) is 48.6 Å². The number of nitrogens with one attached hydrogen (secondary N) is 1. The van der Waals surface area contributed by atoms with Crippen molar-refractivity contribution in [1.29, 1.82) is 0 Å². The van der Waals surface area contributed by atoms with Crippen LogP contribution in [0, 0.1) is 0 Å². The quantitative estimate of drug-likeness (QED) is 0.669. The molecule has 27 heavy (non-hydrogen) atoms. The number of aryl methyl sites for hydroxylation is 1. The van der Waals surface area contributed by atoms with Crippen LogP contribution in [-0.2, 0) is 12.6 Å². The third-order valence-corrected chi connectivity index (χ3v) is 4.88. The standard InChI is InChI=1S/C22H22F3NO/c1-15(19-11-5-7-16-6-2-3-10-20(16)19)26-13-12-21(27)17-8-4-9-18(14-17)22(23,24)25/h3-5,7-11,14-15,26H,2,6,12-13H2,1H3/t15-/m1/s1. The second-order valence-electron chi connectivity index (χ2n) is 6.79. The molecule has 0 spiro atoms. The van der Waals surface area contributed by atoms with Crippen LogP contribution in [0.4, 0.5) is 13.2 Å². The second kappa shape index (κ2) is 8.09. The van der Waals surface area contributed by atoms with E-state index in [1.807, 2.05) is 13.0 Å². The smallest absolute Gasteiger partial charge is 0.310 e. The zero-order valence-electron chi connectivity index (χ0n) is 15.1. The average Bonchev–Trinajstić information content (AvgIpc) is 2.66. The lowest BCUT2D eigenvalue weighted by molar-refractivity contribution is -0.137. The first-order chi connectivity index (χ1) is 12.9. The van der Waals surface area contributed by atoms with Crippen molar-refractivity contribution in [2.24, 2.45) is 0 Å². The van der Waals surface area contributed by atoms with Gasteiger partial charge >= 0.3 is 6.18 Å². The zero-order chi connectivity index (χ0) is 19.4. The molecule has 0 unspecified atom stereocenters.